The van der Waals surface area contributed by atoms with Crippen LogP contribution in [0.15, 0.2) is 0 Å². The molecule has 0 aromatic carbocycles. The predicted molar refractivity (Wildman–Crippen MR) is 237 cm³/mol. The molecule has 0 saturated heterocycles. The van der Waals surface area contributed by atoms with Crippen molar-refractivity contribution >= 4 is 35.6 Å². The lowest BCUT2D eigenvalue weighted by Crippen LogP contribution is -2.44. The Balaban J connectivity index is 3.96. The Morgan fingerprint density at radius 3 is 1.32 bits per heavy atom. The fourth-order valence-corrected chi connectivity index (χ4v) is 6.07. The summed E-state index contributed by atoms with van der Waals surface area (Å²) in [5, 5.41) is 8.20. The molecule has 0 aliphatic carbocycles. The van der Waals surface area contributed by atoms with Gasteiger partial charge >= 0.3 is 17.9 Å². The van der Waals surface area contributed by atoms with Crippen molar-refractivity contribution in [2.24, 2.45) is 0 Å². The minimum atomic E-state index is -0.924. The zero-order valence-electron chi connectivity index (χ0n) is 39.6. The largest absolute Gasteiger partial charge is 0.467 e. The number of nitrogens with one attached hydrogen (secondary N) is 3. The summed E-state index contributed by atoms with van der Waals surface area (Å²) in [6.45, 7) is 12.7. The van der Waals surface area contributed by atoms with Gasteiger partial charge in [-0.1, -0.05) is 89.9 Å². The molecule has 0 radical (unpaired) electrons. The number of hydrogen-bond donors (Lipinski definition) is 3. The fraction of sp³-hybridized carbons (Fsp3) is 0.870. The molecule has 0 rings (SSSR count). The number of hydrogen-bond acceptors (Lipinski definition) is 13. The van der Waals surface area contributed by atoms with Crippen LogP contribution in [0, 0.1) is 0 Å². The van der Waals surface area contributed by atoms with Crippen molar-refractivity contribution in [2.75, 3.05) is 73.1 Å². The van der Waals surface area contributed by atoms with E-state index in [1.807, 2.05) is 20.8 Å². The number of unbranched alkanes of at least 4 members (excludes halogenated alkanes) is 15. The number of amides is 3. The predicted octanol–water partition coefficient (Wildman–Crippen LogP) is 6.43. The quantitative estimate of drug-likeness (QED) is 0.0346. The normalized spacial score (nSPS) is 12.0. The Labute approximate surface area is 373 Å². The van der Waals surface area contributed by atoms with E-state index in [0.717, 1.165) is 38.5 Å². The summed E-state index contributed by atoms with van der Waals surface area (Å²) in [6.07, 6.45) is 19.5. The lowest BCUT2D eigenvalue weighted by atomic mass is 10.0. The second-order valence-electron chi connectivity index (χ2n) is 17.5. The summed E-state index contributed by atoms with van der Waals surface area (Å²) < 4.78 is 36.4. The Bertz CT molecular complexity index is 1200. The third kappa shape index (κ3) is 42.0. The summed E-state index contributed by atoms with van der Waals surface area (Å²) in [5.74, 6) is -1.92. The van der Waals surface area contributed by atoms with Gasteiger partial charge in [-0.25, -0.2) is 9.59 Å². The molecule has 3 N–H and O–H groups in total. The Hall–Kier alpha value is -3.34. The maximum absolute atomic E-state index is 12.9. The third-order valence-electron chi connectivity index (χ3n) is 9.20. The van der Waals surface area contributed by atoms with Gasteiger partial charge in [-0.3, -0.25) is 19.2 Å². The van der Waals surface area contributed by atoms with E-state index in [2.05, 4.69) is 20.7 Å². The Kier molecular flexibility index (Phi) is 36.1. The van der Waals surface area contributed by atoms with Crippen molar-refractivity contribution in [3.63, 3.8) is 0 Å². The molecule has 0 unspecified atom stereocenters. The second-order valence-corrected chi connectivity index (χ2v) is 17.5. The lowest BCUT2D eigenvalue weighted by molar-refractivity contribution is -0.159. The third-order valence-corrected chi connectivity index (χ3v) is 9.20. The maximum Gasteiger partial charge on any atom is 0.331 e. The van der Waals surface area contributed by atoms with E-state index < -0.39 is 29.2 Å². The highest BCUT2D eigenvalue weighted by Crippen LogP contribution is 2.16. The first-order valence-electron chi connectivity index (χ1n) is 23.2. The zero-order valence-corrected chi connectivity index (χ0v) is 39.6. The average Bonchev–Trinajstić information content (AvgIpc) is 3.19. The van der Waals surface area contributed by atoms with E-state index in [0.29, 0.717) is 19.4 Å². The minimum Gasteiger partial charge on any atom is -0.467 e. The molecule has 16 heteroatoms. The molecule has 362 valence electrons. The number of carbonyl (C=O) groups excluding carboxylic acids is 6. The molecule has 0 heterocycles. The van der Waals surface area contributed by atoms with Crippen molar-refractivity contribution in [3.05, 3.63) is 0 Å². The van der Waals surface area contributed by atoms with Gasteiger partial charge in [0.15, 0.2) is 0 Å². The number of carbonyl (C=O) groups is 6. The van der Waals surface area contributed by atoms with E-state index in [9.17, 15) is 28.8 Å². The molecule has 16 nitrogen and oxygen atoms in total. The van der Waals surface area contributed by atoms with Crippen LogP contribution in [-0.2, 0) is 61.9 Å². The molecular formula is C46H85N3O13. The van der Waals surface area contributed by atoms with Gasteiger partial charge in [-0.05, 0) is 60.8 Å². The molecule has 62 heavy (non-hydrogen) atoms. The van der Waals surface area contributed by atoms with Crippen LogP contribution in [0.5, 0.6) is 0 Å². The standard InChI is InChI=1S/C46H85N3O13/c1-45(2,3)61-42(53)25-23-21-19-17-15-13-11-9-8-10-12-14-16-18-20-22-24-40(51)49-38(44(55)62-46(4,5)6)26-27-39(50)47-28-30-57-32-34-59-36-41(52)48-29-31-58-33-35-60-37-43(54)56-7/h38H,8-37H2,1-7H3,(H,47,50)(H,48,52)(H,49,51)/t38-/m0/s1. The van der Waals surface area contributed by atoms with Crippen LogP contribution in [0.4, 0.5) is 0 Å². The first-order valence-corrected chi connectivity index (χ1v) is 23.2. The number of ether oxygens (including phenoxy) is 7. The molecule has 0 bridgehead atoms. The lowest BCUT2D eigenvalue weighted by Gasteiger charge is -2.24. The molecule has 0 aromatic rings. The van der Waals surface area contributed by atoms with Crippen molar-refractivity contribution in [1.82, 2.24) is 16.0 Å². The van der Waals surface area contributed by atoms with E-state index in [-0.39, 0.29) is 95.9 Å². The van der Waals surface area contributed by atoms with E-state index in [1.165, 1.54) is 71.3 Å². The number of rotatable bonds is 40. The maximum atomic E-state index is 12.9. The topological polar surface area (TPSA) is 203 Å². The molecule has 0 spiro atoms. The zero-order chi connectivity index (χ0) is 46.3. The summed E-state index contributed by atoms with van der Waals surface area (Å²) >= 11 is 0. The van der Waals surface area contributed by atoms with Crippen molar-refractivity contribution in [3.8, 4) is 0 Å². The van der Waals surface area contributed by atoms with Gasteiger partial charge in [-0.2, -0.15) is 0 Å². The number of esters is 3. The molecule has 0 aromatic heterocycles. The monoisotopic (exact) mass is 888 g/mol. The van der Waals surface area contributed by atoms with Gasteiger partial charge in [-0.15, -0.1) is 0 Å². The Morgan fingerprint density at radius 1 is 0.435 bits per heavy atom. The SMILES string of the molecule is COC(=O)COCCOCCNC(=O)COCCOCCNC(=O)CC[C@H](NC(=O)CCCCCCCCCCCCCCCCCCC(=O)OC(C)(C)C)C(=O)OC(C)(C)C. The summed E-state index contributed by atoms with van der Waals surface area (Å²) in [6, 6.07) is -0.924. The van der Waals surface area contributed by atoms with Crippen LogP contribution in [0.25, 0.3) is 0 Å². The summed E-state index contributed by atoms with van der Waals surface area (Å²) in [4.78, 5) is 72.7. The highest BCUT2D eigenvalue weighted by Gasteiger charge is 2.27. The molecule has 0 fully saturated rings. The van der Waals surface area contributed by atoms with Crippen molar-refractivity contribution < 1.29 is 61.9 Å². The second kappa shape index (κ2) is 38.1. The van der Waals surface area contributed by atoms with Crippen LogP contribution in [0.2, 0.25) is 0 Å². The molecule has 1 atom stereocenters. The van der Waals surface area contributed by atoms with Crippen LogP contribution >= 0.6 is 0 Å². The van der Waals surface area contributed by atoms with Gasteiger partial charge in [0.2, 0.25) is 17.7 Å². The molecule has 3 amide bonds. The molecule has 0 aliphatic rings. The minimum absolute atomic E-state index is 0.0243. The van der Waals surface area contributed by atoms with Gasteiger partial charge in [0, 0.05) is 32.4 Å². The van der Waals surface area contributed by atoms with Gasteiger partial charge < -0.3 is 49.1 Å². The summed E-state index contributed by atoms with van der Waals surface area (Å²) in [5.41, 5.74) is -1.13. The van der Waals surface area contributed by atoms with Gasteiger partial charge in [0.25, 0.3) is 0 Å². The molecular weight excluding hydrogens is 803 g/mol. The summed E-state index contributed by atoms with van der Waals surface area (Å²) in [7, 11) is 1.28. The fourth-order valence-electron chi connectivity index (χ4n) is 6.07. The van der Waals surface area contributed by atoms with Crippen molar-refractivity contribution in [2.45, 2.75) is 187 Å². The highest BCUT2D eigenvalue weighted by molar-refractivity contribution is 5.85. The Morgan fingerprint density at radius 2 is 0.855 bits per heavy atom. The van der Waals surface area contributed by atoms with Crippen LogP contribution in [0.3, 0.4) is 0 Å². The average molecular weight is 888 g/mol. The van der Waals surface area contributed by atoms with E-state index >= 15 is 0 Å². The smallest absolute Gasteiger partial charge is 0.331 e. The van der Waals surface area contributed by atoms with E-state index in [4.69, 9.17) is 28.4 Å². The van der Waals surface area contributed by atoms with Crippen LogP contribution in [-0.4, -0.2) is 126 Å². The van der Waals surface area contributed by atoms with Gasteiger partial charge in [0.05, 0.1) is 46.8 Å². The van der Waals surface area contributed by atoms with Crippen molar-refractivity contribution in [1.29, 1.82) is 0 Å². The number of methoxy groups -OCH3 is 1. The van der Waals surface area contributed by atoms with E-state index in [1.54, 1.807) is 20.8 Å². The van der Waals surface area contributed by atoms with Crippen LogP contribution in [0.1, 0.15) is 170 Å². The van der Waals surface area contributed by atoms with Gasteiger partial charge in [0.1, 0.15) is 30.5 Å². The molecule has 0 aliphatic heterocycles. The molecule has 0 saturated carbocycles. The highest BCUT2D eigenvalue weighted by atomic mass is 16.6. The van der Waals surface area contributed by atoms with Crippen LogP contribution < -0.4 is 16.0 Å². The first-order chi connectivity index (χ1) is 29.5. The first kappa shape index (κ1) is 58.7.